The number of hydrogen-bond acceptors (Lipinski definition) is 5. The van der Waals surface area contributed by atoms with Crippen LogP contribution in [0.5, 0.6) is 5.75 Å². The standard InChI is InChI=1S/C14H15N3O2S/c1-9-12(20-8-17-9)7-16-14(18)10-3-2-4-11-13(10)19-6-5-15-11/h2-4,8,15H,5-7H2,1H3,(H,16,18). The van der Waals surface area contributed by atoms with Crippen LogP contribution in [0.2, 0.25) is 0 Å². The molecule has 2 N–H and O–H groups in total. The Labute approximate surface area is 121 Å². The smallest absolute Gasteiger partial charge is 0.255 e. The van der Waals surface area contributed by atoms with Crippen LogP contribution in [0.3, 0.4) is 0 Å². The van der Waals surface area contributed by atoms with E-state index in [4.69, 9.17) is 4.74 Å². The number of aromatic nitrogens is 1. The molecule has 0 saturated heterocycles. The Kier molecular flexibility index (Phi) is 3.56. The summed E-state index contributed by atoms with van der Waals surface area (Å²) in [5.41, 5.74) is 4.19. The molecule has 0 unspecified atom stereocenters. The van der Waals surface area contributed by atoms with Crippen LogP contribution in [0.1, 0.15) is 20.9 Å². The zero-order valence-corrected chi connectivity index (χ0v) is 11.9. The van der Waals surface area contributed by atoms with Crippen LogP contribution in [0, 0.1) is 6.92 Å². The molecule has 1 aliphatic heterocycles. The van der Waals surface area contributed by atoms with Crippen molar-refractivity contribution >= 4 is 22.9 Å². The molecule has 6 heteroatoms. The van der Waals surface area contributed by atoms with Gasteiger partial charge in [0.15, 0.2) is 5.75 Å². The predicted octanol–water partition coefficient (Wildman–Crippen LogP) is 2.19. The minimum atomic E-state index is -0.127. The van der Waals surface area contributed by atoms with Crippen molar-refractivity contribution in [1.82, 2.24) is 10.3 Å². The van der Waals surface area contributed by atoms with Gasteiger partial charge in [0.05, 0.1) is 29.0 Å². The number of carbonyl (C=O) groups excluding carboxylic acids is 1. The van der Waals surface area contributed by atoms with Crippen molar-refractivity contribution in [3.8, 4) is 5.75 Å². The lowest BCUT2D eigenvalue weighted by Gasteiger charge is -2.21. The van der Waals surface area contributed by atoms with Crippen LogP contribution in [0.25, 0.3) is 0 Å². The number of para-hydroxylation sites is 1. The highest BCUT2D eigenvalue weighted by Crippen LogP contribution is 2.31. The Morgan fingerprint density at radius 2 is 2.45 bits per heavy atom. The summed E-state index contributed by atoms with van der Waals surface area (Å²) in [5.74, 6) is 0.510. The van der Waals surface area contributed by atoms with Gasteiger partial charge in [0.1, 0.15) is 6.61 Å². The number of aryl methyl sites for hydroxylation is 1. The Bertz CT molecular complexity index is 639. The normalized spacial score (nSPS) is 13.1. The maximum Gasteiger partial charge on any atom is 0.255 e. The average Bonchev–Trinajstić information content (AvgIpc) is 2.89. The van der Waals surface area contributed by atoms with Gasteiger partial charge in [-0.25, -0.2) is 4.98 Å². The van der Waals surface area contributed by atoms with Gasteiger partial charge >= 0.3 is 0 Å². The number of anilines is 1. The first kappa shape index (κ1) is 12.9. The first-order chi connectivity index (χ1) is 9.75. The predicted molar refractivity (Wildman–Crippen MR) is 78.4 cm³/mol. The molecule has 1 amide bonds. The van der Waals surface area contributed by atoms with Gasteiger partial charge in [-0.1, -0.05) is 6.07 Å². The van der Waals surface area contributed by atoms with Crippen LogP contribution < -0.4 is 15.4 Å². The van der Waals surface area contributed by atoms with Crippen molar-refractivity contribution in [2.24, 2.45) is 0 Å². The van der Waals surface area contributed by atoms with Gasteiger partial charge in [-0.05, 0) is 19.1 Å². The number of nitrogens with one attached hydrogen (secondary N) is 2. The Morgan fingerprint density at radius 3 is 3.25 bits per heavy atom. The number of carbonyl (C=O) groups is 1. The lowest BCUT2D eigenvalue weighted by Crippen LogP contribution is -2.26. The van der Waals surface area contributed by atoms with Gasteiger partial charge in [-0.3, -0.25) is 4.79 Å². The fraction of sp³-hybridized carbons (Fsp3) is 0.286. The number of rotatable bonds is 3. The van der Waals surface area contributed by atoms with Gasteiger partial charge < -0.3 is 15.4 Å². The number of fused-ring (bicyclic) bond motifs is 1. The largest absolute Gasteiger partial charge is 0.489 e. The number of nitrogens with zero attached hydrogens (tertiary/aromatic N) is 1. The van der Waals surface area contributed by atoms with Gasteiger partial charge in [-0.2, -0.15) is 0 Å². The van der Waals surface area contributed by atoms with Crippen LogP contribution in [0.15, 0.2) is 23.7 Å². The third kappa shape index (κ3) is 2.46. The molecular formula is C14H15N3O2S. The van der Waals surface area contributed by atoms with Gasteiger partial charge in [0.25, 0.3) is 5.91 Å². The molecule has 0 atom stereocenters. The summed E-state index contributed by atoms with van der Waals surface area (Å²) in [6.45, 7) is 3.77. The fourth-order valence-electron chi connectivity index (χ4n) is 2.10. The second-order valence-corrected chi connectivity index (χ2v) is 5.44. The summed E-state index contributed by atoms with van der Waals surface area (Å²) in [7, 11) is 0. The molecule has 2 heterocycles. The fourth-order valence-corrected chi connectivity index (χ4v) is 2.82. The van der Waals surface area contributed by atoms with E-state index in [0.29, 0.717) is 24.5 Å². The van der Waals surface area contributed by atoms with Gasteiger partial charge in [-0.15, -0.1) is 11.3 Å². The van der Waals surface area contributed by atoms with Crippen molar-refractivity contribution < 1.29 is 9.53 Å². The lowest BCUT2D eigenvalue weighted by atomic mass is 10.1. The molecule has 2 aromatic rings. The molecule has 1 aromatic carbocycles. The third-order valence-electron chi connectivity index (χ3n) is 3.18. The highest BCUT2D eigenvalue weighted by Gasteiger charge is 2.18. The summed E-state index contributed by atoms with van der Waals surface area (Å²) in [6, 6.07) is 5.55. The summed E-state index contributed by atoms with van der Waals surface area (Å²) in [4.78, 5) is 17.5. The van der Waals surface area contributed by atoms with Gasteiger partial charge in [0.2, 0.25) is 0 Å². The van der Waals surface area contributed by atoms with E-state index in [-0.39, 0.29) is 5.91 Å². The third-order valence-corrected chi connectivity index (χ3v) is 4.11. The van der Waals surface area contributed by atoms with E-state index < -0.39 is 0 Å². The molecule has 0 aliphatic carbocycles. The Hall–Kier alpha value is -2.08. The lowest BCUT2D eigenvalue weighted by molar-refractivity contribution is 0.0947. The van der Waals surface area contributed by atoms with Crippen LogP contribution >= 0.6 is 11.3 Å². The van der Waals surface area contributed by atoms with Crippen molar-refractivity contribution in [2.45, 2.75) is 13.5 Å². The molecule has 3 rings (SSSR count). The number of ether oxygens (including phenoxy) is 1. The topological polar surface area (TPSA) is 63.2 Å². The van der Waals surface area contributed by atoms with E-state index in [0.717, 1.165) is 22.8 Å². The monoisotopic (exact) mass is 289 g/mol. The Balaban J connectivity index is 1.76. The van der Waals surface area contributed by atoms with Crippen LogP contribution in [0.4, 0.5) is 5.69 Å². The van der Waals surface area contributed by atoms with Crippen molar-refractivity contribution in [2.75, 3.05) is 18.5 Å². The van der Waals surface area contributed by atoms with Crippen LogP contribution in [-0.4, -0.2) is 24.0 Å². The maximum absolute atomic E-state index is 12.3. The Morgan fingerprint density at radius 1 is 1.55 bits per heavy atom. The second kappa shape index (κ2) is 5.50. The summed E-state index contributed by atoms with van der Waals surface area (Å²) >= 11 is 1.55. The zero-order chi connectivity index (χ0) is 13.9. The average molecular weight is 289 g/mol. The van der Waals surface area contributed by atoms with E-state index in [2.05, 4.69) is 15.6 Å². The first-order valence-corrected chi connectivity index (χ1v) is 7.30. The minimum Gasteiger partial charge on any atom is -0.489 e. The molecule has 1 aromatic heterocycles. The number of amides is 1. The van der Waals surface area contributed by atoms with Crippen molar-refractivity contribution in [3.63, 3.8) is 0 Å². The first-order valence-electron chi connectivity index (χ1n) is 6.42. The van der Waals surface area contributed by atoms with Gasteiger partial charge in [0, 0.05) is 11.4 Å². The number of thiazole rings is 1. The van der Waals surface area contributed by atoms with E-state index >= 15 is 0 Å². The molecule has 0 radical (unpaired) electrons. The molecule has 0 fully saturated rings. The summed E-state index contributed by atoms with van der Waals surface area (Å²) in [6.07, 6.45) is 0. The summed E-state index contributed by atoms with van der Waals surface area (Å²) < 4.78 is 5.60. The molecule has 0 saturated carbocycles. The maximum atomic E-state index is 12.3. The highest BCUT2D eigenvalue weighted by molar-refractivity contribution is 7.09. The zero-order valence-electron chi connectivity index (χ0n) is 11.1. The SMILES string of the molecule is Cc1ncsc1CNC(=O)c1cccc2c1OCCN2. The molecule has 20 heavy (non-hydrogen) atoms. The molecular weight excluding hydrogens is 274 g/mol. The molecule has 1 aliphatic rings. The van der Waals surface area contributed by atoms with Crippen molar-refractivity contribution in [1.29, 1.82) is 0 Å². The molecule has 0 bridgehead atoms. The minimum absolute atomic E-state index is 0.127. The van der Waals surface area contributed by atoms with E-state index in [1.807, 2.05) is 19.1 Å². The van der Waals surface area contributed by atoms with E-state index in [1.54, 1.807) is 22.9 Å². The molecule has 0 spiro atoms. The molecule has 5 nitrogen and oxygen atoms in total. The highest BCUT2D eigenvalue weighted by atomic mass is 32.1. The molecule has 104 valence electrons. The van der Waals surface area contributed by atoms with Crippen molar-refractivity contribution in [3.05, 3.63) is 39.8 Å². The second-order valence-electron chi connectivity index (χ2n) is 4.50. The summed E-state index contributed by atoms with van der Waals surface area (Å²) in [5, 5.41) is 6.14. The van der Waals surface area contributed by atoms with E-state index in [1.165, 1.54) is 0 Å². The van der Waals surface area contributed by atoms with Crippen LogP contribution in [-0.2, 0) is 6.54 Å². The number of hydrogen-bond donors (Lipinski definition) is 2. The quantitative estimate of drug-likeness (QED) is 0.909. The number of benzene rings is 1. The van der Waals surface area contributed by atoms with E-state index in [9.17, 15) is 4.79 Å².